The topological polar surface area (TPSA) is 104 Å². The van der Waals surface area contributed by atoms with E-state index in [1.165, 1.54) is 5.56 Å². The van der Waals surface area contributed by atoms with Gasteiger partial charge in [-0.25, -0.2) is 0 Å². The molecule has 3 aromatic carbocycles. The Balaban J connectivity index is 1.38. The van der Waals surface area contributed by atoms with Crippen LogP contribution >= 0.6 is 11.6 Å². The summed E-state index contributed by atoms with van der Waals surface area (Å²) >= 11 is 6.54. The normalized spacial score (nSPS) is 11.2. The van der Waals surface area contributed by atoms with Crippen LogP contribution in [0.25, 0.3) is 27.7 Å². The highest BCUT2D eigenvalue weighted by atomic mass is 35.5. The fraction of sp³-hybridized carbons (Fsp3) is 0.125. The second-order valence-corrected chi connectivity index (χ2v) is 10.4. The van der Waals surface area contributed by atoms with Crippen LogP contribution in [0, 0.1) is 6.92 Å². The summed E-state index contributed by atoms with van der Waals surface area (Å²) in [7, 11) is 0. The van der Waals surface area contributed by atoms with E-state index in [9.17, 15) is 4.79 Å². The fourth-order valence-electron chi connectivity index (χ4n) is 5.21. The molecule has 0 aliphatic heterocycles. The van der Waals surface area contributed by atoms with E-state index in [0.717, 1.165) is 51.8 Å². The van der Waals surface area contributed by atoms with Gasteiger partial charge in [0.1, 0.15) is 12.7 Å². The predicted molar refractivity (Wildman–Crippen MR) is 162 cm³/mol. The SMILES string of the molecule is Cc1ccc2c(c1)c(-c1cncc(N)c1)c(CCc1ccccc1)n2CNC(=O)c1ccc(-n2cnnc2)cc1Cl. The minimum absolute atomic E-state index is 0.263. The minimum atomic E-state index is -0.263. The molecule has 0 aliphatic rings. The molecule has 6 aromatic rings. The molecule has 1 amide bonds. The van der Waals surface area contributed by atoms with Gasteiger partial charge in [-0.05, 0) is 61.7 Å². The average molecular weight is 562 g/mol. The number of aryl methyl sites for hydroxylation is 2. The van der Waals surface area contributed by atoms with Crippen molar-refractivity contribution in [3.63, 3.8) is 0 Å². The summed E-state index contributed by atoms with van der Waals surface area (Å²) in [5.41, 5.74) is 14.4. The lowest BCUT2D eigenvalue weighted by Gasteiger charge is -2.15. The average Bonchev–Trinajstić information content (AvgIpc) is 3.62. The highest BCUT2D eigenvalue weighted by Gasteiger charge is 2.20. The summed E-state index contributed by atoms with van der Waals surface area (Å²) < 4.78 is 3.90. The van der Waals surface area contributed by atoms with Gasteiger partial charge in [0, 0.05) is 40.3 Å². The van der Waals surface area contributed by atoms with Gasteiger partial charge in [0.2, 0.25) is 0 Å². The van der Waals surface area contributed by atoms with Gasteiger partial charge in [-0.15, -0.1) is 10.2 Å². The number of aromatic nitrogens is 5. The molecular formula is C32H28ClN7O. The number of hydrogen-bond acceptors (Lipinski definition) is 5. The molecular weight excluding hydrogens is 534 g/mol. The van der Waals surface area contributed by atoms with Gasteiger partial charge in [-0.2, -0.15) is 0 Å². The van der Waals surface area contributed by atoms with Crippen molar-refractivity contribution in [1.29, 1.82) is 0 Å². The molecule has 3 N–H and O–H groups in total. The molecule has 0 saturated carbocycles. The summed E-state index contributed by atoms with van der Waals surface area (Å²) in [6, 6.07) is 24.0. The quantitative estimate of drug-likeness (QED) is 0.237. The van der Waals surface area contributed by atoms with Crippen LogP contribution in [-0.2, 0) is 19.5 Å². The number of nitrogens with zero attached hydrogens (tertiary/aromatic N) is 5. The van der Waals surface area contributed by atoms with Crippen molar-refractivity contribution in [2.45, 2.75) is 26.4 Å². The second-order valence-electron chi connectivity index (χ2n) is 9.96. The first kappa shape index (κ1) is 26.3. The van der Waals surface area contributed by atoms with Crippen LogP contribution in [-0.4, -0.2) is 30.2 Å². The van der Waals surface area contributed by atoms with Crippen LogP contribution < -0.4 is 11.1 Å². The molecule has 0 bridgehead atoms. The number of pyridine rings is 1. The zero-order valence-corrected chi connectivity index (χ0v) is 23.2. The summed E-state index contributed by atoms with van der Waals surface area (Å²) in [6.45, 7) is 2.34. The second kappa shape index (κ2) is 11.3. The van der Waals surface area contributed by atoms with Crippen molar-refractivity contribution in [2.75, 3.05) is 5.73 Å². The van der Waals surface area contributed by atoms with E-state index in [0.29, 0.717) is 16.3 Å². The van der Waals surface area contributed by atoms with Crippen LogP contribution in [0.4, 0.5) is 5.69 Å². The highest BCUT2D eigenvalue weighted by molar-refractivity contribution is 6.34. The first-order chi connectivity index (χ1) is 20.0. The standard InChI is InChI=1S/C32H28ClN7O/c1-21-7-11-29-27(13-21)31(23-14-24(34)17-35-16-23)30(12-8-22-5-3-2-4-6-22)40(29)18-36-32(41)26-10-9-25(15-28(26)33)39-19-37-38-20-39/h2-7,9-11,13-17,19-20H,8,12,18,34H2,1H3,(H,36,41). The van der Waals surface area contributed by atoms with E-state index in [-0.39, 0.29) is 12.6 Å². The summed E-state index contributed by atoms with van der Waals surface area (Å²) in [5, 5.41) is 12.2. The molecule has 6 rings (SSSR count). The maximum Gasteiger partial charge on any atom is 0.254 e. The zero-order chi connectivity index (χ0) is 28.3. The molecule has 0 atom stereocenters. The molecule has 0 radical (unpaired) electrons. The minimum Gasteiger partial charge on any atom is -0.397 e. The maximum absolute atomic E-state index is 13.4. The molecule has 0 saturated heterocycles. The number of hydrogen-bond donors (Lipinski definition) is 2. The van der Waals surface area contributed by atoms with E-state index in [4.69, 9.17) is 17.3 Å². The molecule has 3 heterocycles. The van der Waals surface area contributed by atoms with Gasteiger partial charge in [-0.3, -0.25) is 14.3 Å². The van der Waals surface area contributed by atoms with E-state index < -0.39 is 0 Å². The van der Waals surface area contributed by atoms with E-state index in [2.05, 4.69) is 74.5 Å². The highest BCUT2D eigenvalue weighted by Crippen LogP contribution is 2.37. The van der Waals surface area contributed by atoms with Gasteiger partial charge < -0.3 is 15.6 Å². The molecule has 9 heteroatoms. The Hall–Kier alpha value is -4.95. The zero-order valence-electron chi connectivity index (χ0n) is 22.5. The lowest BCUT2D eigenvalue weighted by molar-refractivity contribution is 0.0942. The molecule has 3 aromatic heterocycles. The van der Waals surface area contributed by atoms with Crippen molar-refractivity contribution in [3.05, 3.63) is 125 Å². The maximum atomic E-state index is 13.4. The fourth-order valence-corrected chi connectivity index (χ4v) is 5.48. The number of rotatable bonds is 8. The number of halogens is 1. The number of carbonyl (C=O) groups is 1. The van der Waals surface area contributed by atoms with Crippen molar-refractivity contribution in [3.8, 4) is 16.8 Å². The van der Waals surface area contributed by atoms with E-state index in [1.54, 1.807) is 35.6 Å². The number of nitrogens with one attached hydrogen (secondary N) is 1. The summed E-state index contributed by atoms with van der Waals surface area (Å²) in [5.74, 6) is -0.263. The van der Waals surface area contributed by atoms with Crippen molar-refractivity contribution in [1.82, 2.24) is 29.6 Å². The smallest absolute Gasteiger partial charge is 0.254 e. The first-order valence-electron chi connectivity index (χ1n) is 13.3. The van der Waals surface area contributed by atoms with Crippen LogP contribution in [0.2, 0.25) is 5.02 Å². The molecule has 204 valence electrons. The van der Waals surface area contributed by atoms with E-state index >= 15 is 0 Å². The monoisotopic (exact) mass is 561 g/mol. The lowest BCUT2D eigenvalue weighted by atomic mass is 9.98. The van der Waals surface area contributed by atoms with Crippen LogP contribution in [0.15, 0.2) is 97.8 Å². The molecule has 0 fully saturated rings. The first-order valence-corrected chi connectivity index (χ1v) is 13.6. The summed E-state index contributed by atoms with van der Waals surface area (Å²) in [4.78, 5) is 17.8. The van der Waals surface area contributed by atoms with Crippen LogP contribution in [0.3, 0.4) is 0 Å². The third kappa shape index (κ3) is 5.42. The van der Waals surface area contributed by atoms with Gasteiger partial charge in [-0.1, -0.05) is 53.6 Å². The molecule has 0 spiro atoms. The number of amides is 1. The van der Waals surface area contributed by atoms with Gasteiger partial charge in [0.15, 0.2) is 0 Å². The van der Waals surface area contributed by atoms with Crippen molar-refractivity contribution >= 4 is 34.1 Å². The Bertz CT molecular complexity index is 1850. The Morgan fingerprint density at radius 3 is 2.51 bits per heavy atom. The number of anilines is 1. The molecule has 0 unspecified atom stereocenters. The van der Waals surface area contributed by atoms with Crippen LogP contribution in [0.1, 0.15) is 27.2 Å². The van der Waals surface area contributed by atoms with Gasteiger partial charge in [0.05, 0.1) is 28.5 Å². The molecule has 41 heavy (non-hydrogen) atoms. The number of fused-ring (bicyclic) bond motifs is 1. The Morgan fingerprint density at radius 1 is 0.951 bits per heavy atom. The Labute approximate surface area is 242 Å². The van der Waals surface area contributed by atoms with Crippen LogP contribution in [0.5, 0.6) is 0 Å². The van der Waals surface area contributed by atoms with E-state index in [1.807, 2.05) is 24.4 Å². The van der Waals surface area contributed by atoms with Crippen molar-refractivity contribution < 1.29 is 4.79 Å². The number of carbonyl (C=O) groups excluding carboxylic acids is 1. The summed E-state index contributed by atoms with van der Waals surface area (Å²) in [6.07, 6.45) is 8.24. The number of benzene rings is 3. The van der Waals surface area contributed by atoms with Gasteiger partial charge in [0.25, 0.3) is 5.91 Å². The third-order valence-electron chi connectivity index (χ3n) is 7.18. The number of nitrogen functional groups attached to an aromatic ring is 1. The third-order valence-corrected chi connectivity index (χ3v) is 7.49. The Morgan fingerprint density at radius 2 is 1.76 bits per heavy atom. The van der Waals surface area contributed by atoms with Crippen molar-refractivity contribution in [2.24, 2.45) is 0 Å². The molecule has 0 aliphatic carbocycles. The number of nitrogens with two attached hydrogens (primary N) is 1. The van der Waals surface area contributed by atoms with Gasteiger partial charge >= 0.3 is 0 Å². The Kier molecular flexibility index (Phi) is 7.22. The largest absolute Gasteiger partial charge is 0.397 e. The predicted octanol–water partition coefficient (Wildman–Crippen LogP) is 6.00. The molecule has 8 nitrogen and oxygen atoms in total. The lowest BCUT2D eigenvalue weighted by Crippen LogP contribution is -2.27.